The quantitative estimate of drug-likeness (QED) is 0.618. The summed E-state index contributed by atoms with van der Waals surface area (Å²) in [5, 5.41) is 8.56. The summed E-state index contributed by atoms with van der Waals surface area (Å²) in [4.78, 5) is 10.5. The van der Waals surface area contributed by atoms with Crippen LogP contribution in [0.25, 0.3) is 0 Å². The Balaban J connectivity index is 3.42. The van der Waals surface area contributed by atoms with Gasteiger partial charge in [0.2, 0.25) is 0 Å². The highest BCUT2D eigenvalue weighted by atomic mass is 16.2. The van der Waals surface area contributed by atoms with Crippen LogP contribution in [0, 0.1) is 5.92 Å². The van der Waals surface area contributed by atoms with Crippen molar-refractivity contribution in [2.24, 2.45) is 5.92 Å². The zero-order valence-corrected chi connectivity index (χ0v) is 7.92. The third-order valence-electron chi connectivity index (χ3n) is 1.75. The molecule has 0 aliphatic heterocycles. The molecule has 1 N–H and O–H groups in total. The highest BCUT2D eigenvalue weighted by Gasteiger charge is 1.98. The van der Waals surface area contributed by atoms with Crippen molar-refractivity contribution in [2.75, 3.05) is 6.61 Å². The van der Waals surface area contributed by atoms with Gasteiger partial charge in [0.1, 0.15) is 0 Å². The average molecular weight is 170 g/mol. The van der Waals surface area contributed by atoms with Gasteiger partial charge in [0.25, 0.3) is 0 Å². The van der Waals surface area contributed by atoms with Crippen LogP contribution in [0.15, 0.2) is 12.2 Å². The van der Waals surface area contributed by atoms with Crippen LogP contribution in [-0.4, -0.2) is 17.5 Å². The first-order chi connectivity index (χ1) is 5.66. The van der Waals surface area contributed by atoms with E-state index in [9.17, 15) is 4.79 Å². The lowest BCUT2D eigenvalue weighted by molar-refractivity contribution is -0.112. The Labute approximate surface area is 74.3 Å². The van der Waals surface area contributed by atoms with Crippen LogP contribution in [0.5, 0.6) is 0 Å². The topological polar surface area (TPSA) is 37.3 Å². The van der Waals surface area contributed by atoms with E-state index in [-0.39, 0.29) is 12.4 Å². The molecule has 2 heteroatoms. The second-order valence-corrected chi connectivity index (χ2v) is 3.22. The molecule has 0 aromatic rings. The van der Waals surface area contributed by atoms with Gasteiger partial charge >= 0.3 is 0 Å². The molecular weight excluding hydrogens is 152 g/mol. The predicted octanol–water partition coefficient (Wildman–Crippen LogP) is 1.93. The Morgan fingerprint density at radius 2 is 2.25 bits per heavy atom. The highest BCUT2D eigenvalue weighted by Crippen LogP contribution is 2.09. The summed E-state index contributed by atoms with van der Waals surface area (Å²) in [5.41, 5.74) is 0. The van der Waals surface area contributed by atoms with Crippen LogP contribution in [0.1, 0.15) is 33.1 Å². The number of allylic oxidation sites excluding steroid dienone is 2. The summed E-state index contributed by atoms with van der Waals surface area (Å²) < 4.78 is 0. The summed E-state index contributed by atoms with van der Waals surface area (Å²) in [6, 6.07) is 0. The van der Waals surface area contributed by atoms with E-state index in [4.69, 9.17) is 5.11 Å². The molecule has 0 saturated carbocycles. The summed E-state index contributed by atoms with van der Waals surface area (Å²) in [6.07, 6.45) is 6.33. The number of ketones is 1. The minimum Gasteiger partial charge on any atom is -0.396 e. The molecule has 0 aromatic carbocycles. The van der Waals surface area contributed by atoms with Crippen molar-refractivity contribution in [3.63, 3.8) is 0 Å². The van der Waals surface area contributed by atoms with Crippen molar-refractivity contribution < 1.29 is 9.90 Å². The van der Waals surface area contributed by atoms with Crippen molar-refractivity contribution in [1.29, 1.82) is 0 Å². The van der Waals surface area contributed by atoms with Crippen LogP contribution in [-0.2, 0) is 4.79 Å². The molecule has 0 heterocycles. The number of aliphatic hydroxyl groups excluding tert-OH is 1. The maximum absolute atomic E-state index is 10.5. The molecule has 0 aliphatic carbocycles. The zero-order chi connectivity index (χ0) is 9.40. The van der Waals surface area contributed by atoms with Gasteiger partial charge in [-0.1, -0.05) is 13.0 Å². The number of hydrogen-bond donors (Lipinski definition) is 1. The predicted molar refractivity (Wildman–Crippen MR) is 49.9 cm³/mol. The lowest BCUT2D eigenvalue weighted by Crippen LogP contribution is -1.95. The number of rotatable bonds is 6. The first-order valence-electron chi connectivity index (χ1n) is 4.44. The lowest BCUT2D eigenvalue weighted by atomic mass is 10.0. The van der Waals surface area contributed by atoms with Crippen molar-refractivity contribution in [1.82, 2.24) is 0 Å². The Morgan fingerprint density at radius 1 is 1.58 bits per heavy atom. The Hall–Kier alpha value is -0.630. The fourth-order valence-electron chi connectivity index (χ4n) is 1.02. The molecule has 70 valence electrons. The van der Waals surface area contributed by atoms with E-state index in [0.29, 0.717) is 5.92 Å². The third kappa shape index (κ3) is 7.48. The smallest absolute Gasteiger partial charge is 0.152 e. The fraction of sp³-hybridized carbons (Fsp3) is 0.700. The number of carbonyl (C=O) groups is 1. The monoisotopic (exact) mass is 170 g/mol. The molecule has 0 saturated heterocycles. The molecule has 0 amide bonds. The number of carbonyl (C=O) groups excluding carboxylic acids is 1. The van der Waals surface area contributed by atoms with Gasteiger partial charge in [-0.25, -0.2) is 0 Å². The van der Waals surface area contributed by atoms with Gasteiger partial charge in [0, 0.05) is 6.61 Å². The van der Waals surface area contributed by atoms with E-state index in [1.54, 1.807) is 13.0 Å². The van der Waals surface area contributed by atoms with E-state index in [2.05, 4.69) is 6.92 Å². The molecular formula is C10H18O2. The summed E-state index contributed by atoms with van der Waals surface area (Å²) >= 11 is 0. The minimum atomic E-state index is 0.101. The van der Waals surface area contributed by atoms with Gasteiger partial charge < -0.3 is 5.11 Å². The summed E-state index contributed by atoms with van der Waals surface area (Å²) in [7, 11) is 0. The Bertz CT molecular complexity index is 150. The summed E-state index contributed by atoms with van der Waals surface area (Å²) in [6.45, 7) is 3.94. The summed E-state index contributed by atoms with van der Waals surface area (Å²) in [5.74, 6) is 0.664. The minimum absolute atomic E-state index is 0.101. The third-order valence-corrected chi connectivity index (χ3v) is 1.75. The molecule has 0 rings (SSSR count). The zero-order valence-electron chi connectivity index (χ0n) is 7.92. The van der Waals surface area contributed by atoms with Gasteiger partial charge in [-0.3, -0.25) is 4.79 Å². The molecule has 2 nitrogen and oxygen atoms in total. The van der Waals surface area contributed by atoms with Gasteiger partial charge in [0.15, 0.2) is 5.78 Å². The van der Waals surface area contributed by atoms with E-state index < -0.39 is 0 Å². The van der Waals surface area contributed by atoms with Crippen molar-refractivity contribution >= 4 is 5.78 Å². The first-order valence-corrected chi connectivity index (χ1v) is 4.44. The van der Waals surface area contributed by atoms with Gasteiger partial charge in [0.05, 0.1) is 0 Å². The van der Waals surface area contributed by atoms with E-state index >= 15 is 0 Å². The standard InChI is InChI=1S/C10H18O2/c1-9(6-4-8-11)5-3-7-10(2)12/h3,7,9,11H,4-6,8H2,1-2H3/b7-3+/t9-/m1/s1. The largest absolute Gasteiger partial charge is 0.396 e. The van der Waals surface area contributed by atoms with Gasteiger partial charge in [-0.15, -0.1) is 0 Å². The molecule has 1 atom stereocenters. The second kappa shape index (κ2) is 7.04. The average Bonchev–Trinajstić information content (AvgIpc) is 2.00. The van der Waals surface area contributed by atoms with E-state index in [0.717, 1.165) is 19.3 Å². The number of aliphatic hydroxyl groups is 1. The van der Waals surface area contributed by atoms with Crippen molar-refractivity contribution in [3.8, 4) is 0 Å². The van der Waals surface area contributed by atoms with Gasteiger partial charge in [-0.05, 0) is 38.2 Å². The molecule has 0 fully saturated rings. The fourth-order valence-corrected chi connectivity index (χ4v) is 1.02. The van der Waals surface area contributed by atoms with Crippen LogP contribution < -0.4 is 0 Å². The molecule has 0 unspecified atom stereocenters. The normalized spacial score (nSPS) is 13.6. The van der Waals surface area contributed by atoms with E-state index in [1.807, 2.05) is 6.08 Å². The Kier molecular flexibility index (Phi) is 6.67. The first kappa shape index (κ1) is 11.4. The number of hydrogen-bond acceptors (Lipinski definition) is 2. The van der Waals surface area contributed by atoms with Crippen molar-refractivity contribution in [2.45, 2.75) is 33.1 Å². The maximum Gasteiger partial charge on any atom is 0.152 e. The SMILES string of the molecule is CC(=O)/C=C/C[C@@H](C)CCCO. The molecule has 0 spiro atoms. The van der Waals surface area contributed by atoms with Crippen LogP contribution >= 0.6 is 0 Å². The van der Waals surface area contributed by atoms with Crippen LogP contribution in [0.4, 0.5) is 0 Å². The molecule has 12 heavy (non-hydrogen) atoms. The van der Waals surface area contributed by atoms with Crippen molar-refractivity contribution in [3.05, 3.63) is 12.2 Å². The van der Waals surface area contributed by atoms with E-state index in [1.165, 1.54) is 0 Å². The van der Waals surface area contributed by atoms with Gasteiger partial charge in [-0.2, -0.15) is 0 Å². The molecule has 0 aromatic heterocycles. The molecule has 0 radical (unpaired) electrons. The lowest BCUT2D eigenvalue weighted by Gasteiger charge is -2.05. The molecule has 0 aliphatic rings. The van der Waals surface area contributed by atoms with Crippen LogP contribution in [0.3, 0.4) is 0 Å². The van der Waals surface area contributed by atoms with Crippen LogP contribution in [0.2, 0.25) is 0 Å². The Morgan fingerprint density at radius 3 is 2.75 bits per heavy atom. The molecule has 0 bridgehead atoms. The highest BCUT2D eigenvalue weighted by molar-refractivity contribution is 5.87. The second-order valence-electron chi connectivity index (χ2n) is 3.22. The maximum atomic E-state index is 10.5.